The van der Waals surface area contributed by atoms with E-state index in [9.17, 15) is 10.2 Å². The Labute approximate surface area is 172 Å². The van der Waals surface area contributed by atoms with Crippen LogP contribution in [0.25, 0.3) is 28.2 Å². The molecule has 8 nitrogen and oxygen atoms in total. The van der Waals surface area contributed by atoms with Gasteiger partial charge in [-0.2, -0.15) is 0 Å². The molecular weight excluding hydrogens is 386 g/mol. The van der Waals surface area contributed by atoms with Crippen LogP contribution in [0.1, 0.15) is 5.56 Å². The van der Waals surface area contributed by atoms with E-state index in [0.29, 0.717) is 51.1 Å². The first-order valence-electron chi connectivity index (χ1n) is 9.15. The highest BCUT2D eigenvalue weighted by molar-refractivity contribution is 5.82. The zero-order valence-corrected chi connectivity index (χ0v) is 17.0. The molecule has 0 bridgehead atoms. The molecule has 0 saturated carbocycles. The van der Waals surface area contributed by atoms with Crippen molar-refractivity contribution in [1.29, 1.82) is 0 Å². The number of methoxy groups -OCH3 is 3. The van der Waals surface area contributed by atoms with Gasteiger partial charge in [0.1, 0.15) is 17.0 Å². The maximum absolute atomic E-state index is 10.5. The van der Waals surface area contributed by atoms with Crippen LogP contribution >= 0.6 is 0 Å². The number of nitrogens with zero attached hydrogens (tertiary/aromatic N) is 3. The zero-order valence-electron chi connectivity index (χ0n) is 17.0. The average Bonchev–Trinajstić information content (AvgIpc) is 3.14. The molecule has 2 aromatic carbocycles. The molecule has 2 aromatic heterocycles. The third-order valence-corrected chi connectivity index (χ3v) is 4.88. The summed E-state index contributed by atoms with van der Waals surface area (Å²) in [4.78, 5) is 9.17. The summed E-state index contributed by atoms with van der Waals surface area (Å²) in [6.07, 6.45) is 1.67. The Morgan fingerprint density at radius 3 is 2.23 bits per heavy atom. The molecule has 8 heteroatoms. The number of phenols is 2. The number of fused-ring (bicyclic) bond motifs is 1. The summed E-state index contributed by atoms with van der Waals surface area (Å²) in [6, 6.07) is 10.2. The Morgan fingerprint density at radius 2 is 1.60 bits per heavy atom. The van der Waals surface area contributed by atoms with Crippen LogP contribution in [0.5, 0.6) is 28.7 Å². The van der Waals surface area contributed by atoms with Crippen LogP contribution in [0.15, 0.2) is 42.6 Å². The molecule has 0 saturated heterocycles. The van der Waals surface area contributed by atoms with Gasteiger partial charge in [0.25, 0.3) is 0 Å². The highest BCUT2D eigenvalue weighted by atomic mass is 16.5. The Balaban J connectivity index is 2.08. The van der Waals surface area contributed by atoms with Crippen molar-refractivity contribution >= 4 is 11.2 Å². The molecule has 30 heavy (non-hydrogen) atoms. The summed E-state index contributed by atoms with van der Waals surface area (Å²) in [5.74, 6) is 1.78. The molecule has 0 unspecified atom stereocenters. The van der Waals surface area contributed by atoms with E-state index in [0.717, 1.165) is 0 Å². The lowest BCUT2D eigenvalue weighted by Crippen LogP contribution is -2.02. The molecule has 0 fully saturated rings. The molecule has 0 aliphatic carbocycles. The van der Waals surface area contributed by atoms with Crippen molar-refractivity contribution in [3.8, 4) is 45.8 Å². The van der Waals surface area contributed by atoms with Crippen LogP contribution < -0.4 is 14.2 Å². The fraction of sp³-hybridized carbons (Fsp3) is 0.182. The van der Waals surface area contributed by atoms with E-state index >= 15 is 0 Å². The van der Waals surface area contributed by atoms with Crippen LogP contribution in [0.2, 0.25) is 0 Å². The van der Waals surface area contributed by atoms with Gasteiger partial charge in [0.15, 0.2) is 23.0 Å². The fourth-order valence-electron chi connectivity index (χ4n) is 3.40. The van der Waals surface area contributed by atoms with Crippen LogP contribution in [0.3, 0.4) is 0 Å². The molecule has 0 amide bonds. The number of rotatable bonds is 5. The second-order valence-corrected chi connectivity index (χ2v) is 6.66. The topological polar surface area (TPSA) is 98.9 Å². The number of hydrogen-bond donors (Lipinski definition) is 2. The maximum atomic E-state index is 10.5. The first-order chi connectivity index (χ1) is 14.5. The van der Waals surface area contributed by atoms with E-state index in [1.54, 1.807) is 56.2 Å². The monoisotopic (exact) mass is 407 g/mol. The SMILES string of the molecule is COc1cc(-n2c(-c3cc(C)c(O)cc3O)nc3cccnc32)cc(OC)c1OC. The molecule has 2 N–H and O–H groups in total. The second-order valence-electron chi connectivity index (χ2n) is 6.66. The fourth-order valence-corrected chi connectivity index (χ4v) is 3.40. The number of aryl methyl sites for hydroxylation is 1. The number of pyridine rings is 1. The van der Waals surface area contributed by atoms with E-state index in [4.69, 9.17) is 19.2 Å². The molecule has 0 spiro atoms. The molecule has 2 heterocycles. The number of aromatic hydroxyl groups is 2. The Kier molecular flexibility index (Phi) is 4.83. The molecule has 0 radical (unpaired) electrons. The largest absolute Gasteiger partial charge is 0.508 e. The number of imidazole rings is 1. The summed E-state index contributed by atoms with van der Waals surface area (Å²) in [7, 11) is 4.62. The Bertz CT molecular complexity index is 1220. The third-order valence-electron chi connectivity index (χ3n) is 4.88. The van der Waals surface area contributed by atoms with Crippen LogP contribution in [0.4, 0.5) is 0 Å². The summed E-state index contributed by atoms with van der Waals surface area (Å²) >= 11 is 0. The van der Waals surface area contributed by atoms with Gasteiger partial charge in [0, 0.05) is 24.4 Å². The Morgan fingerprint density at radius 1 is 0.900 bits per heavy atom. The Hall–Kier alpha value is -3.94. The molecule has 0 atom stereocenters. The highest BCUT2D eigenvalue weighted by Crippen LogP contribution is 2.42. The normalized spacial score (nSPS) is 10.9. The minimum atomic E-state index is -0.0953. The quantitative estimate of drug-likeness (QED) is 0.519. The first-order valence-corrected chi connectivity index (χ1v) is 9.15. The minimum absolute atomic E-state index is 0.00446. The van der Waals surface area contributed by atoms with Crippen molar-refractivity contribution < 1.29 is 24.4 Å². The van der Waals surface area contributed by atoms with Gasteiger partial charge in [-0.3, -0.25) is 4.57 Å². The lowest BCUT2D eigenvalue weighted by molar-refractivity contribution is 0.324. The summed E-state index contributed by atoms with van der Waals surface area (Å²) in [5.41, 5.74) is 2.96. The van der Waals surface area contributed by atoms with Gasteiger partial charge >= 0.3 is 0 Å². The molecule has 0 aliphatic rings. The van der Waals surface area contributed by atoms with Crippen molar-refractivity contribution in [2.75, 3.05) is 21.3 Å². The van der Waals surface area contributed by atoms with Gasteiger partial charge in [-0.1, -0.05) is 0 Å². The van der Waals surface area contributed by atoms with E-state index in [1.165, 1.54) is 13.2 Å². The zero-order chi connectivity index (χ0) is 21.4. The van der Waals surface area contributed by atoms with Gasteiger partial charge in [0.2, 0.25) is 5.75 Å². The lowest BCUT2D eigenvalue weighted by Gasteiger charge is -2.16. The second kappa shape index (κ2) is 7.47. The maximum Gasteiger partial charge on any atom is 0.203 e. The van der Waals surface area contributed by atoms with E-state index in [2.05, 4.69) is 4.98 Å². The van der Waals surface area contributed by atoms with E-state index in [-0.39, 0.29) is 11.5 Å². The molecule has 4 aromatic rings. The average molecular weight is 407 g/mol. The highest BCUT2D eigenvalue weighted by Gasteiger charge is 2.22. The summed E-state index contributed by atoms with van der Waals surface area (Å²) in [5, 5.41) is 20.5. The number of ether oxygens (including phenoxy) is 3. The van der Waals surface area contributed by atoms with Gasteiger partial charge in [-0.15, -0.1) is 0 Å². The molecule has 4 rings (SSSR count). The minimum Gasteiger partial charge on any atom is -0.508 e. The number of aromatic nitrogens is 3. The smallest absolute Gasteiger partial charge is 0.203 e. The van der Waals surface area contributed by atoms with Crippen molar-refractivity contribution in [2.45, 2.75) is 6.92 Å². The number of phenolic OH excluding ortho intramolecular Hbond substituents is 2. The standard InChI is InChI=1S/C22H21N3O5/c1-12-8-14(17(27)11-16(12)26)21-24-15-6-5-7-23-22(15)25(21)13-9-18(28-2)20(30-4)19(10-13)29-3/h5-11,26-27H,1-4H3. The van der Waals surface area contributed by atoms with Crippen LogP contribution in [0, 0.1) is 6.92 Å². The van der Waals surface area contributed by atoms with Crippen LogP contribution in [-0.2, 0) is 0 Å². The lowest BCUT2D eigenvalue weighted by atomic mass is 10.1. The van der Waals surface area contributed by atoms with Crippen molar-refractivity contribution in [3.05, 3.63) is 48.2 Å². The summed E-state index contributed by atoms with van der Waals surface area (Å²) in [6.45, 7) is 1.75. The van der Waals surface area contributed by atoms with E-state index in [1.807, 2.05) is 6.07 Å². The first kappa shape index (κ1) is 19.4. The third kappa shape index (κ3) is 3.02. The van der Waals surface area contributed by atoms with Crippen molar-refractivity contribution in [3.63, 3.8) is 0 Å². The number of benzene rings is 2. The van der Waals surface area contributed by atoms with Crippen LogP contribution in [-0.4, -0.2) is 46.1 Å². The molecule has 0 aliphatic heterocycles. The predicted molar refractivity (Wildman–Crippen MR) is 112 cm³/mol. The van der Waals surface area contributed by atoms with Gasteiger partial charge in [0.05, 0.1) is 32.6 Å². The van der Waals surface area contributed by atoms with Gasteiger partial charge in [-0.05, 0) is 30.7 Å². The number of hydrogen-bond acceptors (Lipinski definition) is 7. The molecule has 154 valence electrons. The van der Waals surface area contributed by atoms with Gasteiger partial charge < -0.3 is 24.4 Å². The van der Waals surface area contributed by atoms with Gasteiger partial charge in [-0.25, -0.2) is 9.97 Å². The van der Waals surface area contributed by atoms with E-state index < -0.39 is 0 Å². The van der Waals surface area contributed by atoms with Crippen molar-refractivity contribution in [1.82, 2.24) is 14.5 Å². The van der Waals surface area contributed by atoms with Crippen molar-refractivity contribution in [2.24, 2.45) is 0 Å². The predicted octanol–water partition coefficient (Wildman–Crippen LogP) is 3.83. The summed E-state index contributed by atoms with van der Waals surface area (Å²) < 4.78 is 18.2. The molecular formula is C22H21N3O5.